The minimum atomic E-state index is -3.23. The second-order valence-electron chi connectivity index (χ2n) is 9.30. The lowest BCUT2D eigenvalue weighted by atomic mass is 9.98. The second kappa shape index (κ2) is 9.92. The molecule has 2 aromatic heterocycles. The molecule has 0 saturated carbocycles. The van der Waals surface area contributed by atoms with E-state index in [-0.39, 0.29) is 0 Å². The van der Waals surface area contributed by atoms with E-state index >= 15 is 0 Å². The molecule has 0 aliphatic carbocycles. The van der Waals surface area contributed by atoms with E-state index in [1.54, 1.807) is 18.6 Å². The summed E-state index contributed by atoms with van der Waals surface area (Å²) in [7, 11) is 0.566. The smallest absolute Gasteiger partial charge is 0.224 e. The Bertz CT molecular complexity index is 1530. The molecule has 0 atom stereocenters. The van der Waals surface area contributed by atoms with E-state index in [1.165, 1.54) is 10.6 Å². The number of hydrogen-bond acceptors (Lipinski definition) is 8. The number of sulfonamides is 1. The lowest BCUT2D eigenvalue weighted by Gasteiger charge is -2.28. The number of hydrogen-bond donors (Lipinski definition) is 3. The molecule has 37 heavy (non-hydrogen) atoms. The van der Waals surface area contributed by atoms with E-state index in [2.05, 4.69) is 25.3 Å². The molecule has 0 radical (unpaired) electrons. The van der Waals surface area contributed by atoms with Crippen molar-refractivity contribution < 1.29 is 8.42 Å². The maximum absolute atomic E-state index is 12.0. The predicted octanol–water partition coefficient (Wildman–Crippen LogP) is 3.12. The number of H-pyrrole nitrogens is 1. The Hall–Kier alpha value is -3.80. The SMILES string of the molecule is CN(C)c1ncc(-c2cnc(-c3cc(Nc4cccc5c4CCN(S(C)(=O)=O)C5)ccc3CN)[nH]2)cn1. The highest BCUT2D eigenvalue weighted by molar-refractivity contribution is 7.88. The zero-order valence-electron chi connectivity index (χ0n) is 21.1. The molecule has 1 aliphatic heterocycles. The Kier molecular flexibility index (Phi) is 6.67. The molecule has 0 unspecified atom stereocenters. The quantitative estimate of drug-likeness (QED) is 0.340. The first kappa shape index (κ1) is 24.9. The normalized spacial score (nSPS) is 13.8. The number of anilines is 3. The molecule has 4 aromatic rings. The first-order chi connectivity index (χ1) is 17.7. The Balaban J connectivity index is 1.43. The molecule has 2 aromatic carbocycles. The number of benzene rings is 2. The number of aromatic nitrogens is 4. The Labute approximate surface area is 216 Å². The average Bonchev–Trinajstić information content (AvgIpc) is 3.38. The summed E-state index contributed by atoms with van der Waals surface area (Å²) in [6.07, 6.45) is 7.21. The van der Waals surface area contributed by atoms with Crippen LogP contribution in [0.15, 0.2) is 55.0 Å². The van der Waals surface area contributed by atoms with Crippen molar-refractivity contribution in [2.45, 2.75) is 19.5 Å². The van der Waals surface area contributed by atoms with Gasteiger partial charge in [0.25, 0.3) is 0 Å². The van der Waals surface area contributed by atoms with Gasteiger partial charge in [0.15, 0.2) is 0 Å². The van der Waals surface area contributed by atoms with Gasteiger partial charge in [-0.1, -0.05) is 18.2 Å². The van der Waals surface area contributed by atoms with E-state index in [4.69, 9.17) is 5.73 Å². The number of nitrogens with one attached hydrogen (secondary N) is 2. The van der Waals surface area contributed by atoms with Crippen LogP contribution in [0.4, 0.5) is 17.3 Å². The van der Waals surface area contributed by atoms with E-state index in [0.29, 0.717) is 37.8 Å². The van der Waals surface area contributed by atoms with Gasteiger partial charge in [0, 0.05) is 68.6 Å². The molecule has 5 rings (SSSR count). The van der Waals surface area contributed by atoms with Crippen molar-refractivity contribution in [1.82, 2.24) is 24.2 Å². The fourth-order valence-electron chi connectivity index (χ4n) is 4.49. The number of aromatic amines is 1. The number of fused-ring (bicyclic) bond motifs is 1. The molecule has 4 N–H and O–H groups in total. The summed E-state index contributed by atoms with van der Waals surface area (Å²) in [4.78, 5) is 18.6. The van der Waals surface area contributed by atoms with E-state index < -0.39 is 10.0 Å². The van der Waals surface area contributed by atoms with Gasteiger partial charge in [-0.05, 0) is 41.3 Å². The van der Waals surface area contributed by atoms with Gasteiger partial charge in [-0.15, -0.1) is 0 Å². The Morgan fingerprint density at radius 3 is 2.59 bits per heavy atom. The molecule has 1 aliphatic rings. The van der Waals surface area contributed by atoms with Crippen LogP contribution in [0.3, 0.4) is 0 Å². The van der Waals surface area contributed by atoms with Gasteiger partial charge in [0.1, 0.15) is 5.82 Å². The molecule has 192 valence electrons. The highest BCUT2D eigenvalue weighted by Crippen LogP contribution is 2.32. The van der Waals surface area contributed by atoms with Gasteiger partial charge in [0.2, 0.25) is 16.0 Å². The summed E-state index contributed by atoms with van der Waals surface area (Å²) >= 11 is 0. The van der Waals surface area contributed by atoms with Crippen molar-refractivity contribution in [2.24, 2.45) is 5.73 Å². The van der Waals surface area contributed by atoms with Gasteiger partial charge in [-0.3, -0.25) is 0 Å². The van der Waals surface area contributed by atoms with Crippen LogP contribution in [0.5, 0.6) is 0 Å². The monoisotopic (exact) mass is 518 g/mol. The number of nitrogens with two attached hydrogens (primary N) is 1. The first-order valence-electron chi connectivity index (χ1n) is 11.9. The highest BCUT2D eigenvalue weighted by atomic mass is 32.2. The Morgan fingerprint density at radius 1 is 1.11 bits per heavy atom. The number of nitrogens with zero attached hydrogens (tertiary/aromatic N) is 5. The van der Waals surface area contributed by atoms with Crippen molar-refractivity contribution >= 4 is 27.3 Å². The minimum absolute atomic E-state index is 0.369. The zero-order chi connectivity index (χ0) is 26.2. The van der Waals surface area contributed by atoms with Crippen molar-refractivity contribution in [3.05, 3.63) is 71.7 Å². The van der Waals surface area contributed by atoms with Crippen LogP contribution in [0.2, 0.25) is 0 Å². The van der Waals surface area contributed by atoms with Gasteiger partial charge >= 0.3 is 0 Å². The molecule has 0 saturated heterocycles. The maximum atomic E-state index is 12.0. The minimum Gasteiger partial charge on any atom is -0.355 e. The van der Waals surface area contributed by atoms with Crippen molar-refractivity contribution in [2.75, 3.05) is 37.1 Å². The summed E-state index contributed by atoms with van der Waals surface area (Å²) in [6.45, 7) is 1.22. The molecular weight excluding hydrogens is 488 g/mol. The Morgan fingerprint density at radius 2 is 1.89 bits per heavy atom. The summed E-state index contributed by atoms with van der Waals surface area (Å²) in [5, 5.41) is 3.53. The van der Waals surface area contributed by atoms with Crippen LogP contribution >= 0.6 is 0 Å². The third-order valence-corrected chi connectivity index (χ3v) is 7.74. The van der Waals surface area contributed by atoms with Gasteiger partial charge in [-0.25, -0.2) is 23.4 Å². The molecule has 11 heteroatoms. The number of imidazole rings is 1. The fraction of sp³-hybridized carbons (Fsp3) is 0.269. The lowest BCUT2D eigenvalue weighted by Crippen LogP contribution is -2.35. The molecule has 0 bridgehead atoms. The van der Waals surface area contributed by atoms with Crippen LogP contribution in [0.25, 0.3) is 22.6 Å². The van der Waals surface area contributed by atoms with E-state index in [9.17, 15) is 8.42 Å². The third-order valence-electron chi connectivity index (χ3n) is 6.49. The first-order valence-corrected chi connectivity index (χ1v) is 13.8. The second-order valence-corrected chi connectivity index (χ2v) is 11.3. The van der Waals surface area contributed by atoms with E-state index in [0.717, 1.165) is 44.9 Å². The van der Waals surface area contributed by atoms with Gasteiger partial charge in [-0.2, -0.15) is 4.31 Å². The standard InChI is InChI=1S/C26H30N8O2S/c1-33(2)26-29-13-19(14-30-26)24-15-28-25(32-24)22-11-20(8-7-17(22)12-27)31-23-6-4-5-18-16-34(37(3,35)36)10-9-21(18)23/h4-8,11,13-15,31H,9-10,12,16,27H2,1-3H3,(H,28,32). The topological polar surface area (TPSA) is 133 Å². The molecule has 0 fully saturated rings. The molecule has 0 amide bonds. The van der Waals surface area contributed by atoms with Gasteiger partial charge < -0.3 is 20.9 Å². The highest BCUT2D eigenvalue weighted by Gasteiger charge is 2.24. The van der Waals surface area contributed by atoms with Crippen LogP contribution in [-0.2, 0) is 29.5 Å². The largest absolute Gasteiger partial charge is 0.355 e. The molecule has 10 nitrogen and oxygen atoms in total. The zero-order valence-corrected chi connectivity index (χ0v) is 21.9. The average molecular weight is 519 g/mol. The predicted molar refractivity (Wildman–Crippen MR) is 146 cm³/mol. The van der Waals surface area contributed by atoms with Gasteiger partial charge in [0.05, 0.1) is 18.1 Å². The van der Waals surface area contributed by atoms with Crippen LogP contribution in [0, 0.1) is 0 Å². The maximum Gasteiger partial charge on any atom is 0.224 e. The fourth-order valence-corrected chi connectivity index (χ4v) is 5.28. The third kappa shape index (κ3) is 5.19. The lowest BCUT2D eigenvalue weighted by molar-refractivity contribution is 0.395. The van der Waals surface area contributed by atoms with Crippen molar-refractivity contribution in [3.63, 3.8) is 0 Å². The van der Waals surface area contributed by atoms with Crippen LogP contribution < -0.4 is 16.0 Å². The van der Waals surface area contributed by atoms with Crippen molar-refractivity contribution in [1.29, 1.82) is 0 Å². The molecular formula is C26H30N8O2S. The number of rotatable bonds is 7. The summed E-state index contributed by atoms with van der Waals surface area (Å²) < 4.78 is 25.6. The van der Waals surface area contributed by atoms with Crippen LogP contribution in [-0.4, -0.2) is 59.6 Å². The summed E-state index contributed by atoms with van der Waals surface area (Å²) in [5.41, 5.74) is 13.6. The van der Waals surface area contributed by atoms with Crippen molar-refractivity contribution in [3.8, 4) is 22.6 Å². The molecule has 3 heterocycles. The van der Waals surface area contributed by atoms with Crippen LogP contribution in [0.1, 0.15) is 16.7 Å². The summed E-state index contributed by atoms with van der Waals surface area (Å²) in [5.74, 6) is 1.34. The summed E-state index contributed by atoms with van der Waals surface area (Å²) in [6, 6.07) is 12.0. The van der Waals surface area contributed by atoms with E-state index in [1.807, 2.05) is 55.4 Å². The molecule has 0 spiro atoms.